The third kappa shape index (κ3) is 7.32. The number of hydrogen-bond acceptors (Lipinski definition) is 4. The van der Waals surface area contributed by atoms with Gasteiger partial charge in [-0.3, -0.25) is 4.79 Å². The first-order valence-corrected chi connectivity index (χ1v) is 9.14. The normalized spacial score (nSPS) is 11.5. The van der Waals surface area contributed by atoms with Gasteiger partial charge in [0.05, 0.1) is 5.75 Å². The van der Waals surface area contributed by atoms with Gasteiger partial charge < -0.3 is 0 Å². The van der Waals surface area contributed by atoms with Gasteiger partial charge in [-0.25, -0.2) is 12.8 Å². The topological polar surface area (TPSA) is 51.2 Å². The molecule has 0 saturated heterocycles. The van der Waals surface area contributed by atoms with E-state index >= 15 is 0 Å². The minimum absolute atomic E-state index is 0.0105. The number of carbonyl (C=O) groups excluding carboxylic acids is 1. The third-order valence-corrected chi connectivity index (χ3v) is 4.73. The smallest absolute Gasteiger partial charge is 0.162 e. The van der Waals surface area contributed by atoms with Crippen LogP contribution in [0, 0.1) is 5.82 Å². The average molecular weight is 304 g/mol. The first kappa shape index (κ1) is 16.2. The van der Waals surface area contributed by atoms with Crippen LogP contribution in [-0.4, -0.2) is 37.7 Å². The van der Waals surface area contributed by atoms with Crippen LogP contribution < -0.4 is 0 Å². The zero-order chi connectivity index (χ0) is 14.3. The van der Waals surface area contributed by atoms with Crippen molar-refractivity contribution >= 4 is 27.4 Å². The van der Waals surface area contributed by atoms with Crippen LogP contribution in [0.2, 0.25) is 0 Å². The highest BCUT2D eigenvalue weighted by atomic mass is 32.2. The molecular weight excluding hydrogens is 287 g/mol. The second kappa shape index (κ2) is 7.65. The zero-order valence-electron chi connectivity index (χ0n) is 10.8. The van der Waals surface area contributed by atoms with E-state index in [9.17, 15) is 17.6 Å². The van der Waals surface area contributed by atoms with E-state index in [0.29, 0.717) is 24.2 Å². The minimum Gasteiger partial charge on any atom is -0.294 e. The lowest BCUT2D eigenvalue weighted by Gasteiger charge is -2.02. The van der Waals surface area contributed by atoms with E-state index in [1.165, 1.54) is 42.3 Å². The molecule has 0 bridgehead atoms. The zero-order valence-corrected chi connectivity index (χ0v) is 12.4. The van der Waals surface area contributed by atoms with Gasteiger partial charge in [0.15, 0.2) is 5.78 Å². The fourth-order valence-electron chi connectivity index (χ4n) is 1.43. The molecule has 0 unspecified atom stereocenters. The second-order valence-corrected chi connectivity index (χ2v) is 7.76. The first-order chi connectivity index (χ1) is 8.88. The van der Waals surface area contributed by atoms with Gasteiger partial charge in [0.25, 0.3) is 0 Å². The van der Waals surface area contributed by atoms with Crippen molar-refractivity contribution < 1.29 is 17.6 Å². The highest BCUT2D eigenvalue weighted by molar-refractivity contribution is 8.00. The Labute approximate surface area is 117 Å². The van der Waals surface area contributed by atoms with Crippen LogP contribution in [0.3, 0.4) is 0 Å². The predicted molar refractivity (Wildman–Crippen MR) is 77.0 cm³/mol. The van der Waals surface area contributed by atoms with Crippen LogP contribution >= 0.6 is 11.8 Å². The lowest BCUT2D eigenvalue weighted by atomic mass is 10.1. The number of thioether (sulfide) groups is 1. The van der Waals surface area contributed by atoms with Gasteiger partial charge in [-0.1, -0.05) is 0 Å². The molecule has 106 valence electrons. The van der Waals surface area contributed by atoms with Gasteiger partial charge in [0.1, 0.15) is 15.7 Å². The predicted octanol–water partition coefficient (Wildman–Crippen LogP) is 2.57. The van der Waals surface area contributed by atoms with Crippen molar-refractivity contribution in [1.82, 2.24) is 0 Å². The monoisotopic (exact) mass is 304 g/mol. The summed E-state index contributed by atoms with van der Waals surface area (Å²) in [5.41, 5.74) is 0.516. The molecule has 3 nitrogen and oxygen atoms in total. The Morgan fingerprint density at radius 3 is 2.42 bits per heavy atom. The quantitative estimate of drug-likeness (QED) is 0.547. The maximum atomic E-state index is 12.7. The summed E-state index contributed by atoms with van der Waals surface area (Å²) < 4.78 is 34.4. The van der Waals surface area contributed by atoms with Crippen LogP contribution in [0.15, 0.2) is 24.3 Å². The molecule has 0 aliphatic rings. The Bertz CT molecular complexity index is 509. The van der Waals surface area contributed by atoms with Gasteiger partial charge in [-0.05, 0) is 36.4 Å². The van der Waals surface area contributed by atoms with Crippen LogP contribution in [0.4, 0.5) is 4.39 Å². The Hall–Kier alpha value is -0.880. The summed E-state index contributed by atoms with van der Waals surface area (Å²) in [6.07, 6.45) is 2.31. The average Bonchev–Trinajstić information content (AvgIpc) is 2.33. The molecule has 1 aromatic rings. The van der Waals surface area contributed by atoms with Gasteiger partial charge in [-0.2, -0.15) is 11.8 Å². The number of rotatable bonds is 8. The molecule has 0 atom stereocenters. The third-order valence-electron chi connectivity index (χ3n) is 2.46. The van der Waals surface area contributed by atoms with Crippen molar-refractivity contribution in [1.29, 1.82) is 0 Å². The molecule has 0 N–H and O–H groups in total. The van der Waals surface area contributed by atoms with Crippen LogP contribution in [0.1, 0.15) is 23.2 Å². The molecule has 0 fully saturated rings. The first-order valence-electron chi connectivity index (χ1n) is 5.93. The summed E-state index contributed by atoms with van der Waals surface area (Å²) >= 11 is 1.53. The molecule has 0 spiro atoms. The largest absolute Gasteiger partial charge is 0.294 e. The second-order valence-electron chi connectivity index (χ2n) is 4.28. The van der Waals surface area contributed by atoms with Crippen molar-refractivity contribution in [3.8, 4) is 0 Å². The Morgan fingerprint density at radius 2 is 1.84 bits per heavy atom. The summed E-state index contributed by atoms with van der Waals surface area (Å²) in [5.74, 6) is 1.12. The molecule has 0 heterocycles. The maximum absolute atomic E-state index is 12.7. The number of ketones is 1. The van der Waals surface area contributed by atoms with Gasteiger partial charge in [0.2, 0.25) is 0 Å². The van der Waals surface area contributed by atoms with E-state index in [1.54, 1.807) is 0 Å². The van der Waals surface area contributed by atoms with E-state index in [1.807, 2.05) is 0 Å². The minimum atomic E-state index is -2.90. The van der Waals surface area contributed by atoms with Gasteiger partial charge >= 0.3 is 0 Å². The van der Waals surface area contributed by atoms with E-state index in [2.05, 4.69) is 0 Å². The lowest BCUT2D eigenvalue weighted by Crippen LogP contribution is -2.06. The van der Waals surface area contributed by atoms with Gasteiger partial charge in [0, 0.05) is 24.0 Å². The molecule has 0 aliphatic heterocycles. The molecule has 19 heavy (non-hydrogen) atoms. The molecule has 1 rings (SSSR count). The summed E-state index contributed by atoms with van der Waals surface area (Å²) in [6.45, 7) is 0. The summed E-state index contributed by atoms with van der Waals surface area (Å²) in [7, 11) is -2.90. The molecular formula is C13H17FO3S2. The van der Waals surface area contributed by atoms with Crippen molar-refractivity contribution in [3.63, 3.8) is 0 Å². The number of carbonyl (C=O) groups is 1. The molecule has 0 amide bonds. The molecule has 6 heteroatoms. The van der Waals surface area contributed by atoms with Crippen LogP contribution in [-0.2, 0) is 9.84 Å². The van der Waals surface area contributed by atoms with Crippen molar-refractivity contribution in [3.05, 3.63) is 35.6 Å². The summed E-state index contributed by atoms with van der Waals surface area (Å²) in [5, 5.41) is 0. The van der Waals surface area contributed by atoms with Crippen molar-refractivity contribution in [2.45, 2.75) is 12.8 Å². The molecule has 1 aromatic carbocycles. The van der Waals surface area contributed by atoms with Crippen LogP contribution in [0.5, 0.6) is 0 Å². The number of halogens is 1. The van der Waals surface area contributed by atoms with E-state index in [0.717, 1.165) is 5.75 Å². The number of benzene rings is 1. The van der Waals surface area contributed by atoms with E-state index in [-0.39, 0.29) is 17.4 Å². The Morgan fingerprint density at radius 1 is 1.21 bits per heavy atom. The highest BCUT2D eigenvalue weighted by Crippen LogP contribution is 2.10. The van der Waals surface area contributed by atoms with Crippen molar-refractivity contribution in [2.75, 3.05) is 23.5 Å². The fraction of sp³-hybridized carbons (Fsp3) is 0.462. The van der Waals surface area contributed by atoms with Gasteiger partial charge in [-0.15, -0.1) is 0 Å². The molecule has 0 radical (unpaired) electrons. The molecule has 0 aliphatic carbocycles. The SMILES string of the molecule is CS(=O)(=O)CCSCCCC(=O)c1ccc(F)cc1. The van der Waals surface area contributed by atoms with E-state index < -0.39 is 9.84 Å². The highest BCUT2D eigenvalue weighted by Gasteiger charge is 2.06. The summed E-state index contributed by atoms with van der Waals surface area (Å²) in [6, 6.07) is 5.51. The fourth-order valence-corrected chi connectivity index (χ4v) is 3.66. The number of Topliss-reactive ketones (excluding diaryl/α,β-unsaturated/α-hetero) is 1. The number of hydrogen-bond donors (Lipinski definition) is 0. The van der Waals surface area contributed by atoms with Crippen LogP contribution in [0.25, 0.3) is 0 Å². The molecule has 0 aromatic heterocycles. The lowest BCUT2D eigenvalue weighted by molar-refractivity contribution is 0.0982. The van der Waals surface area contributed by atoms with E-state index in [4.69, 9.17) is 0 Å². The summed E-state index contributed by atoms with van der Waals surface area (Å²) in [4.78, 5) is 11.7. The Kier molecular flexibility index (Phi) is 6.51. The number of sulfone groups is 1. The standard InChI is InChI=1S/C13H17FO3S2/c1-19(16,17)10-9-18-8-2-3-13(15)11-4-6-12(14)7-5-11/h4-7H,2-3,8-10H2,1H3. The Balaban J connectivity index is 2.19. The molecule has 0 saturated carbocycles. The maximum Gasteiger partial charge on any atom is 0.162 e. The van der Waals surface area contributed by atoms with Crippen molar-refractivity contribution in [2.24, 2.45) is 0 Å².